The van der Waals surface area contributed by atoms with Crippen molar-refractivity contribution >= 4 is 10.8 Å². The highest BCUT2D eigenvalue weighted by Gasteiger charge is 2.49. The first-order valence-electron chi connectivity index (χ1n) is 12.2. The summed E-state index contributed by atoms with van der Waals surface area (Å²) in [5, 5.41) is 14.1. The molecule has 3 heterocycles. The molecule has 3 aliphatic rings. The Morgan fingerprint density at radius 3 is 2.58 bits per heavy atom. The van der Waals surface area contributed by atoms with Gasteiger partial charge in [-0.1, -0.05) is 42.5 Å². The molecule has 5 nitrogen and oxygen atoms in total. The van der Waals surface area contributed by atoms with Gasteiger partial charge < -0.3 is 19.3 Å². The summed E-state index contributed by atoms with van der Waals surface area (Å²) in [5.41, 5.74) is 0.274. The molecule has 33 heavy (non-hydrogen) atoms. The van der Waals surface area contributed by atoms with E-state index in [2.05, 4.69) is 47.4 Å². The fraction of sp³-hybridized carbons (Fsp3) is 0.429. The molecule has 3 aromatic carbocycles. The van der Waals surface area contributed by atoms with Crippen LogP contribution < -0.4 is 14.2 Å². The number of benzene rings is 3. The third-order valence-electron chi connectivity index (χ3n) is 7.57. The molecule has 2 unspecified atom stereocenters. The van der Waals surface area contributed by atoms with E-state index in [4.69, 9.17) is 14.2 Å². The first kappa shape index (κ1) is 20.8. The van der Waals surface area contributed by atoms with Gasteiger partial charge in [-0.25, -0.2) is 0 Å². The van der Waals surface area contributed by atoms with Crippen LogP contribution in [0.25, 0.3) is 10.8 Å². The second kappa shape index (κ2) is 8.23. The molecule has 6 rings (SSSR count). The van der Waals surface area contributed by atoms with Gasteiger partial charge in [-0.3, -0.25) is 4.90 Å². The van der Waals surface area contributed by atoms with Crippen LogP contribution in [0.4, 0.5) is 0 Å². The average molecular weight is 446 g/mol. The zero-order valence-corrected chi connectivity index (χ0v) is 19.1. The number of rotatable bonds is 5. The topological polar surface area (TPSA) is 51.2 Å². The molecule has 3 atom stereocenters. The Bertz CT molecular complexity index is 1150. The molecular weight excluding hydrogens is 414 g/mol. The number of para-hydroxylation sites is 1. The van der Waals surface area contributed by atoms with Crippen molar-refractivity contribution in [2.45, 2.75) is 56.4 Å². The Morgan fingerprint density at radius 2 is 1.79 bits per heavy atom. The minimum absolute atomic E-state index is 0.0472. The van der Waals surface area contributed by atoms with E-state index in [1.165, 1.54) is 10.8 Å². The van der Waals surface area contributed by atoms with Gasteiger partial charge in [0.05, 0.1) is 12.2 Å². The minimum Gasteiger partial charge on any atom is -0.490 e. The first-order chi connectivity index (χ1) is 16.1. The van der Waals surface area contributed by atoms with Crippen molar-refractivity contribution in [1.29, 1.82) is 0 Å². The third-order valence-corrected chi connectivity index (χ3v) is 7.57. The average Bonchev–Trinajstić information content (AvgIpc) is 3.08. The summed E-state index contributed by atoms with van der Waals surface area (Å²) >= 11 is 0. The molecule has 1 N–H and O–H groups in total. The summed E-state index contributed by atoms with van der Waals surface area (Å²) in [6, 6.07) is 21.3. The molecule has 2 bridgehead atoms. The van der Waals surface area contributed by atoms with E-state index in [9.17, 15) is 5.11 Å². The van der Waals surface area contributed by atoms with Crippen molar-refractivity contribution < 1.29 is 19.3 Å². The molecule has 0 amide bonds. The number of ether oxygens (including phenoxy) is 3. The molecule has 172 valence electrons. The maximum atomic E-state index is 11.7. The van der Waals surface area contributed by atoms with Crippen LogP contribution in [0.5, 0.6) is 17.2 Å². The van der Waals surface area contributed by atoms with Gasteiger partial charge in [-0.15, -0.1) is 0 Å². The summed E-state index contributed by atoms with van der Waals surface area (Å²) < 4.78 is 18.2. The summed E-state index contributed by atoms with van der Waals surface area (Å²) in [4.78, 5) is 2.55. The van der Waals surface area contributed by atoms with E-state index >= 15 is 0 Å². The van der Waals surface area contributed by atoms with Crippen LogP contribution in [0.3, 0.4) is 0 Å². The normalized spacial score (nSPS) is 28.7. The Hall–Kier alpha value is -2.76. The van der Waals surface area contributed by atoms with Crippen molar-refractivity contribution in [2.75, 3.05) is 19.8 Å². The molecular formula is C28H31NO4. The zero-order valence-electron chi connectivity index (χ0n) is 19.1. The molecule has 0 saturated carbocycles. The van der Waals surface area contributed by atoms with E-state index in [-0.39, 0.29) is 6.10 Å². The smallest absolute Gasteiger partial charge is 0.204 e. The van der Waals surface area contributed by atoms with E-state index in [1.54, 1.807) is 0 Å². The van der Waals surface area contributed by atoms with Gasteiger partial charge in [0.1, 0.15) is 12.7 Å². The van der Waals surface area contributed by atoms with Crippen LogP contribution in [0, 0.1) is 0 Å². The van der Waals surface area contributed by atoms with Crippen LogP contribution >= 0.6 is 0 Å². The second-order valence-electron chi connectivity index (χ2n) is 9.65. The van der Waals surface area contributed by atoms with Crippen molar-refractivity contribution in [3.8, 4) is 17.2 Å². The molecule has 3 aromatic rings. The Morgan fingerprint density at radius 1 is 1.00 bits per heavy atom. The minimum atomic E-state index is -0.773. The standard InChI is InChI=1S/C28H31NO4/c1-2-31-25-8-5-9-26-27(25)33-24(18-32-26)17-29-22-12-13-23(29)16-28(30,15-22)21-11-10-19-6-3-4-7-20(19)14-21/h3-11,14,22-24,30H,2,12-13,15-18H2,1H3/t22?,23?,24-,28?/m0/s1. The SMILES string of the molecule is CCOc1cccc2c1O[C@@H](CN1C3CCC1CC(O)(c1ccc4ccccc4c1)C3)CO2. The van der Waals surface area contributed by atoms with Crippen molar-refractivity contribution in [1.82, 2.24) is 4.90 Å². The number of hydrogen-bond acceptors (Lipinski definition) is 5. The summed E-state index contributed by atoms with van der Waals surface area (Å²) in [7, 11) is 0. The molecule has 3 aliphatic heterocycles. The van der Waals surface area contributed by atoms with Gasteiger partial charge in [0.15, 0.2) is 11.5 Å². The van der Waals surface area contributed by atoms with Gasteiger partial charge in [0, 0.05) is 18.6 Å². The lowest BCUT2D eigenvalue weighted by Crippen LogP contribution is -2.53. The van der Waals surface area contributed by atoms with Crippen molar-refractivity contribution in [3.63, 3.8) is 0 Å². The van der Waals surface area contributed by atoms with Crippen molar-refractivity contribution in [3.05, 3.63) is 66.2 Å². The van der Waals surface area contributed by atoms with Crippen LogP contribution in [0.15, 0.2) is 60.7 Å². The maximum Gasteiger partial charge on any atom is 0.204 e. The Labute approximate surface area is 194 Å². The van der Waals surface area contributed by atoms with Gasteiger partial charge in [0.25, 0.3) is 0 Å². The predicted molar refractivity (Wildman–Crippen MR) is 128 cm³/mol. The fourth-order valence-corrected chi connectivity index (χ4v) is 6.03. The molecule has 2 fully saturated rings. The molecule has 5 heteroatoms. The van der Waals surface area contributed by atoms with E-state index in [1.807, 2.05) is 25.1 Å². The number of fused-ring (bicyclic) bond motifs is 4. The van der Waals surface area contributed by atoms with Crippen LogP contribution in [0.1, 0.15) is 38.2 Å². The first-order valence-corrected chi connectivity index (χ1v) is 12.2. The van der Waals surface area contributed by atoms with Crippen LogP contribution in [-0.4, -0.2) is 48.0 Å². The quantitative estimate of drug-likeness (QED) is 0.606. The van der Waals surface area contributed by atoms with Crippen LogP contribution in [-0.2, 0) is 5.60 Å². The highest BCUT2D eigenvalue weighted by Crippen LogP contribution is 2.47. The largest absolute Gasteiger partial charge is 0.490 e. The Kier molecular flexibility index (Phi) is 5.19. The summed E-state index contributed by atoms with van der Waals surface area (Å²) in [6.07, 6.45) is 3.71. The molecule has 0 aliphatic carbocycles. The highest BCUT2D eigenvalue weighted by atomic mass is 16.6. The van der Waals surface area contributed by atoms with E-state index < -0.39 is 5.60 Å². The van der Waals surface area contributed by atoms with E-state index in [0.717, 1.165) is 49.3 Å². The third kappa shape index (κ3) is 3.73. The highest BCUT2D eigenvalue weighted by molar-refractivity contribution is 5.83. The monoisotopic (exact) mass is 445 g/mol. The molecule has 0 radical (unpaired) electrons. The summed E-state index contributed by atoms with van der Waals surface area (Å²) in [5.74, 6) is 2.21. The molecule has 2 saturated heterocycles. The summed E-state index contributed by atoms with van der Waals surface area (Å²) in [6.45, 7) is 3.91. The van der Waals surface area contributed by atoms with Gasteiger partial charge >= 0.3 is 0 Å². The van der Waals surface area contributed by atoms with Crippen molar-refractivity contribution in [2.24, 2.45) is 0 Å². The van der Waals surface area contributed by atoms with Gasteiger partial charge in [-0.05, 0) is 67.1 Å². The van der Waals surface area contributed by atoms with Gasteiger partial charge in [0.2, 0.25) is 5.75 Å². The number of aliphatic hydroxyl groups is 1. The van der Waals surface area contributed by atoms with E-state index in [0.29, 0.717) is 31.0 Å². The Balaban J connectivity index is 1.19. The number of piperidine rings is 1. The van der Waals surface area contributed by atoms with Crippen LogP contribution in [0.2, 0.25) is 0 Å². The molecule has 0 aromatic heterocycles. The van der Waals surface area contributed by atoms with Gasteiger partial charge in [-0.2, -0.15) is 0 Å². The predicted octanol–water partition coefficient (Wildman–Crippen LogP) is 4.89. The molecule has 0 spiro atoms. The second-order valence-corrected chi connectivity index (χ2v) is 9.65. The maximum absolute atomic E-state index is 11.7. The lowest BCUT2D eigenvalue weighted by atomic mass is 9.80. The zero-order chi connectivity index (χ0) is 22.4. The number of nitrogens with zero attached hydrogens (tertiary/aromatic N) is 1. The fourth-order valence-electron chi connectivity index (χ4n) is 6.03. The lowest BCUT2D eigenvalue weighted by molar-refractivity contribution is -0.0688. The lowest BCUT2D eigenvalue weighted by Gasteiger charge is -2.45. The number of hydrogen-bond donors (Lipinski definition) is 1.